The van der Waals surface area contributed by atoms with Crippen LogP contribution in [-0.2, 0) is 20.9 Å². The summed E-state index contributed by atoms with van der Waals surface area (Å²) in [5.41, 5.74) is 12.4. The Balaban J connectivity index is 1.25. The van der Waals surface area contributed by atoms with Crippen molar-refractivity contribution in [1.29, 1.82) is 0 Å². The van der Waals surface area contributed by atoms with Gasteiger partial charge in [0.2, 0.25) is 17.9 Å². The number of ether oxygens (including phenoxy) is 2. The predicted molar refractivity (Wildman–Crippen MR) is 189 cm³/mol. The summed E-state index contributed by atoms with van der Waals surface area (Å²) in [7, 11) is 0. The second kappa shape index (κ2) is 16.1. The number of rotatable bonds is 12. The normalized spacial score (nSPS) is 19.7. The number of anilines is 2. The fourth-order valence-electron chi connectivity index (χ4n) is 6.90. The lowest BCUT2D eigenvalue weighted by molar-refractivity contribution is -0.198. The van der Waals surface area contributed by atoms with Crippen LogP contribution in [0.15, 0.2) is 75.8 Å². The van der Waals surface area contributed by atoms with E-state index in [2.05, 4.69) is 30.9 Å². The van der Waals surface area contributed by atoms with E-state index in [9.17, 15) is 27.9 Å². The van der Waals surface area contributed by atoms with E-state index < -0.39 is 24.2 Å². The lowest BCUT2D eigenvalue weighted by atomic mass is 9.76. The molecular formula is C36H40BrF3N6O5. The van der Waals surface area contributed by atoms with Crippen molar-refractivity contribution in [2.45, 2.75) is 64.3 Å². The van der Waals surface area contributed by atoms with Gasteiger partial charge in [-0.3, -0.25) is 14.6 Å². The number of hydrogen-bond acceptors (Lipinski definition) is 10. The summed E-state index contributed by atoms with van der Waals surface area (Å²) in [6, 6.07) is 14.8. The van der Waals surface area contributed by atoms with Crippen LogP contribution in [0.4, 0.5) is 30.6 Å². The van der Waals surface area contributed by atoms with Gasteiger partial charge in [0, 0.05) is 47.5 Å². The zero-order valence-electron chi connectivity index (χ0n) is 28.0. The van der Waals surface area contributed by atoms with Crippen molar-refractivity contribution >= 4 is 51.5 Å². The third-order valence-corrected chi connectivity index (χ3v) is 9.91. The molecule has 1 aromatic heterocycles. The molecule has 1 saturated carbocycles. The fourth-order valence-corrected chi connectivity index (χ4v) is 7.25. The SMILES string of the molecule is CC(N)=CC=Nc1cc(Br)ccc1[C@@H](Oc1cc(N2CCC3(CC2)CC(CCC(=O)OCc2ccccc2)[C@H](C(=O)O)C3)nc(N)n1)C(F)(F)F. The molecule has 3 atom stereocenters. The molecule has 3 aromatic rings. The number of benzene rings is 2. The van der Waals surface area contributed by atoms with E-state index in [1.54, 1.807) is 6.92 Å². The molecule has 5 rings (SSSR count). The lowest BCUT2D eigenvalue weighted by Gasteiger charge is -2.40. The lowest BCUT2D eigenvalue weighted by Crippen LogP contribution is -2.40. The van der Waals surface area contributed by atoms with E-state index >= 15 is 0 Å². The molecule has 1 unspecified atom stereocenters. The maximum atomic E-state index is 14.5. The standard InChI is InChI=1S/C36H40BrF3N6O5/c1-22(41)11-14-43-28-17-25(37)8-9-26(28)32(36(38,39)40)51-30-18-29(44-34(42)45-30)46-15-12-35(13-16-46)19-24(27(20-35)33(48)49)7-10-31(47)50-21-23-5-3-2-4-6-23/h2-6,8-9,11,14,17-18,24,27,32H,7,10,12-13,15-16,19-21,41H2,1H3,(H,48,49)(H2,42,44,45)/t24?,27-,32-/m1/s1. The highest BCUT2D eigenvalue weighted by atomic mass is 79.9. The quantitative estimate of drug-likeness (QED) is 0.126. The van der Waals surface area contributed by atoms with E-state index in [4.69, 9.17) is 20.9 Å². The van der Waals surface area contributed by atoms with E-state index in [0.29, 0.717) is 61.2 Å². The molecule has 51 heavy (non-hydrogen) atoms. The minimum Gasteiger partial charge on any atom is -0.481 e. The minimum absolute atomic E-state index is 0.0198. The third-order valence-electron chi connectivity index (χ3n) is 9.41. The average Bonchev–Trinajstić information content (AvgIpc) is 3.43. The molecule has 1 aliphatic carbocycles. The first-order chi connectivity index (χ1) is 24.2. The van der Waals surface area contributed by atoms with Crippen LogP contribution >= 0.6 is 15.9 Å². The van der Waals surface area contributed by atoms with E-state index in [1.165, 1.54) is 36.6 Å². The molecular weight excluding hydrogens is 733 g/mol. The predicted octanol–water partition coefficient (Wildman–Crippen LogP) is 7.29. The molecule has 11 nitrogen and oxygen atoms in total. The number of piperidine rings is 1. The molecule has 272 valence electrons. The van der Waals surface area contributed by atoms with Gasteiger partial charge in [-0.25, -0.2) is 0 Å². The van der Waals surface area contributed by atoms with Gasteiger partial charge >= 0.3 is 18.1 Å². The number of carboxylic acid groups (broad SMARTS) is 1. The molecule has 2 heterocycles. The highest BCUT2D eigenvalue weighted by Crippen LogP contribution is 2.53. The zero-order chi connectivity index (χ0) is 36.8. The molecule has 1 aliphatic heterocycles. The van der Waals surface area contributed by atoms with Crippen molar-refractivity contribution in [2.75, 3.05) is 23.7 Å². The first-order valence-electron chi connectivity index (χ1n) is 16.5. The molecule has 2 aromatic carbocycles. The van der Waals surface area contributed by atoms with Gasteiger partial charge in [0.1, 0.15) is 12.4 Å². The first-order valence-corrected chi connectivity index (χ1v) is 17.3. The van der Waals surface area contributed by atoms with Crippen LogP contribution in [0.5, 0.6) is 5.88 Å². The van der Waals surface area contributed by atoms with Crippen LogP contribution in [0.2, 0.25) is 0 Å². The van der Waals surface area contributed by atoms with Crippen molar-refractivity contribution in [2.24, 2.45) is 28.0 Å². The number of alkyl halides is 3. The number of nitrogens with zero attached hydrogens (tertiary/aromatic N) is 4. The van der Waals surface area contributed by atoms with Crippen LogP contribution in [0.3, 0.4) is 0 Å². The molecule has 5 N–H and O–H groups in total. The largest absolute Gasteiger partial charge is 0.481 e. The maximum Gasteiger partial charge on any atom is 0.429 e. The number of hydrogen-bond donors (Lipinski definition) is 3. The number of allylic oxidation sites excluding steroid dienone is 2. The van der Waals surface area contributed by atoms with Gasteiger partial charge in [0.05, 0.1) is 11.6 Å². The maximum absolute atomic E-state index is 14.5. The highest BCUT2D eigenvalue weighted by molar-refractivity contribution is 9.10. The monoisotopic (exact) mass is 772 g/mol. The fraction of sp³-hybridized carbons (Fsp3) is 0.417. The van der Waals surface area contributed by atoms with Crippen LogP contribution < -0.4 is 21.1 Å². The second-order valence-corrected chi connectivity index (χ2v) is 14.1. The number of carbonyl (C=O) groups is 2. The van der Waals surface area contributed by atoms with Crippen LogP contribution in [0.1, 0.15) is 62.7 Å². The van der Waals surface area contributed by atoms with Crippen molar-refractivity contribution in [3.05, 3.63) is 82.0 Å². The molecule has 0 radical (unpaired) electrons. The van der Waals surface area contributed by atoms with Gasteiger partial charge in [0.25, 0.3) is 0 Å². The van der Waals surface area contributed by atoms with Gasteiger partial charge in [-0.15, -0.1) is 0 Å². The van der Waals surface area contributed by atoms with E-state index in [1.807, 2.05) is 35.2 Å². The Hall–Kier alpha value is -4.66. The Labute approximate surface area is 302 Å². The first kappa shape index (κ1) is 37.6. The topological polar surface area (TPSA) is 166 Å². The molecule has 1 spiro atoms. The number of nitrogens with two attached hydrogens (primary N) is 2. The van der Waals surface area contributed by atoms with Crippen molar-refractivity contribution in [3.8, 4) is 5.88 Å². The molecule has 0 bridgehead atoms. The van der Waals surface area contributed by atoms with Gasteiger partial charge in [-0.05, 0) is 74.1 Å². The van der Waals surface area contributed by atoms with Gasteiger partial charge < -0.3 is 30.9 Å². The van der Waals surface area contributed by atoms with Gasteiger partial charge in [-0.2, -0.15) is 23.1 Å². The molecule has 2 fully saturated rings. The number of carbonyl (C=O) groups excluding carboxylic acids is 1. The third kappa shape index (κ3) is 9.99. The summed E-state index contributed by atoms with van der Waals surface area (Å²) in [6.07, 6.45) is -1.56. The van der Waals surface area contributed by atoms with E-state index in [-0.39, 0.29) is 53.4 Å². The Bertz CT molecular complexity index is 1760. The minimum atomic E-state index is -4.84. The van der Waals surface area contributed by atoms with Crippen molar-refractivity contribution < 1.29 is 37.3 Å². The molecule has 0 amide bonds. The molecule has 15 heteroatoms. The van der Waals surface area contributed by atoms with Crippen molar-refractivity contribution in [1.82, 2.24) is 9.97 Å². The van der Waals surface area contributed by atoms with Crippen molar-refractivity contribution in [3.63, 3.8) is 0 Å². The highest BCUT2D eigenvalue weighted by Gasteiger charge is 2.49. The summed E-state index contributed by atoms with van der Waals surface area (Å²) in [5, 5.41) is 10.0. The number of nitrogen functional groups attached to an aromatic ring is 1. The summed E-state index contributed by atoms with van der Waals surface area (Å²) in [6.45, 7) is 2.73. The number of aliphatic imine (C=N–C) groups is 1. The summed E-state index contributed by atoms with van der Waals surface area (Å²) in [4.78, 5) is 39.0. The Morgan fingerprint density at radius 1 is 1.14 bits per heavy atom. The van der Waals surface area contributed by atoms with Gasteiger partial charge in [-0.1, -0.05) is 52.3 Å². The van der Waals surface area contributed by atoms with Gasteiger partial charge in [0.15, 0.2) is 0 Å². The smallest absolute Gasteiger partial charge is 0.429 e. The van der Waals surface area contributed by atoms with Crippen LogP contribution in [0, 0.1) is 17.3 Å². The average molecular weight is 774 g/mol. The number of esters is 1. The van der Waals surface area contributed by atoms with Crippen LogP contribution in [-0.4, -0.2) is 52.5 Å². The second-order valence-electron chi connectivity index (χ2n) is 13.1. The Morgan fingerprint density at radius 3 is 2.53 bits per heavy atom. The number of carboxylic acids is 1. The zero-order valence-corrected chi connectivity index (χ0v) is 29.6. The summed E-state index contributed by atoms with van der Waals surface area (Å²) < 4.78 is 54.9. The summed E-state index contributed by atoms with van der Waals surface area (Å²) in [5.74, 6) is -2.34. The number of halogens is 4. The van der Waals surface area contributed by atoms with Crippen LogP contribution in [0.25, 0.3) is 0 Å². The Kier molecular flexibility index (Phi) is 11.9. The summed E-state index contributed by atoms with van der Waals surface area (Å²) >= 11 is 3.28. The Morgan fingerprint density at radius 2 is 1.86 bits per heavy atom. The van der Waals surface area contributed by atoms with E-state index in [0.717, 1.165) is 5.56 Å². The molecule has 1 saturated heterocycles. The number of aliphatic carboxylic acids is 1. The molecule has 2 aliphatic rings. The number of aromatic nitrogens is 2.